The van der Waals surface area contributed by atoms with Gasteiger partial charge in [0.2, 0.25) is 0 Å². The van der Waals surface area contributed by atoms with Crippen LogP contribution in [0, 0.1) is 0 Å². The molecule has 1 aliphatic rings. The smallest absolute Gasteiger partial charge is 0.0584 e. The molecule has 1 atom stereocenters. The van der Waals surface area contributed by atoms with E-state index < -0.39 is 0 Å². The lowest BCUT2D eigenvalue weighted by Crippen LogP contribution is -2.37. The Hall–Kier alpha value is -0.970. The zero-order valence-electron chi connectivity index (χ0n) is 11.5. The SMILES string of the molecule is CC1CN(C)CCCN1Cc1cccnc1CN. The molecule has 0 radical (unpaired) electrons. The number of pyridine rings is 1. The fourth-order valence-electron chi connectivity index (χ4n) is 2.67. The van der Waals surface area contributed by atoms with Crippen molar-refractivity contribution in [2.24, 2.45) is 5.73 Å². The highest BCUT2D eigenvalue weighted by Gasteiger charge is 2.20. The van der Waals surface area contributed by atoms with Crippen LogP contribution >= 0.6 is 0 Å². The predicted molar refractivity (Wildman–Crippen MR) is 74.1 cm³/mol. The maximum absolute atomic E-state index is 5.75. The van der Waals surface area contributed by atoms with Gasteiger partial charge in [-0.2, -0.15) is 0 Å². The molecule has 1 fully saturated rings. The minimum Gasteiger partial charge on any atom is -0.325 e. The first kappa shape index (κ1) is 13.5. The van der Waals surface area contributed by atoms with Gasteiger partial charge < -0.3 is 10.6 Å². The van der Waals surface area contributed by atoms with Crippen LogP contribution < -0.4 is 5.73 Å². The Balaban J connectivity index is 2.07. The Kier molecular flexibility index (Phi) is 4.69. The maximum atomic E-state index is 5.75. The van der Waals surface area contributed by atoms with Crippen LogP contribution in [-0.2, 0) is 13.1 Å². The summed E-state index contributed by atoms with van der Waals surface area (Å²) in [6.45, 7) is 7.29. The molecule has 1 aromatic rings. The van der Waals surface area contributed by atoms with Crippen LogP contribution in [-0.4, -0.2) is 47.5 Å². The van der Waals surface area contributed by atoms with E-state index in [1.807, 2.05) is 12.3 Å². The van der Waals surface area contributed by atoms with Crippen molar-refractivity contribution in [3.8, 4) is 0 Å². The van der Waals surface area contributed by atoms with Crippen LogP contribution in [0.5, 0.6) is 0 Å². The molecule has 4 nitrogen and oxygen atoms in total. The van der Waals surface area contributed by atoms with Gasteiger partial charge in [0.25, 0.3) is 0 Å². The summed E-state index contributed by atoms with van der Waals surface area (Å²) in [7, 11) is 2.20. The van der Waals surface area contributed by atoms with E-state index in [9.17, 15) is 0 Å². The molecule has 4 heteroatoms. The van der Waals surface area contributed by atoms with Crippen molar-refractivity contribution in [2.75, 3.05) is 26.7 Å². The molecule has 2 N–H and O–H groups in total. The van der Waals surface area contributed by atoms with Gasteiger partial charge in [-0.1, -0.05) is 6.07 Å². The van der Waals surface area contributed by atoms with E-state index >= 15 is 0 Å². The summed E-state index contributed by atoms with van der Waals surface area (Å²) in [5, 5.41) is 0. The summed E-state index contributed by atoms with van der Waals surface area (Å²) in [5.74, 6) is 0. The average molecular weight is 248 g/mol. The number of hydrogen-bond acceptors (Lipinski definition) is 4. The van der Waals surface area contributed by atoms with E-state index in [1.165, 1.54) is 18.5 Å². The lowest BCUT2D eigenvalue weighted by molar-refractivity contribution is 0.194. The lowest BCUT2D eigenvalue weighted by Gasteiger charge is -2.28. The van der Waals surface area contributed by atoms with E-state index in [1.54, 1.807) is 0 Å². The van der Waals surface area contributed by atoms with E-state index in [4.69, 9.17) is 5.73 Å². The first-order chi connectivity index (χ1) is 8.70. The Labute approximate surface area is 110 Å². The van der Waals surface area contributed by atoms with Crippen LogP contribution in [0.4, 0.5) is 0 Å². The number of aromatic nitrogens is 1. The highest BCUT2D eigenvalue weighted by Crippen LogP contribution is 2.14. The zero-order valence-corrected chi connectivity index (χ0v) is 11.5. The van der Waals surface area contributed by atoms with Gasteiger partial charge >= 0.3 is 0 Å². The van der Waals surface area contributed by atoms with Crippen LogP contribution in [0.1, 0.15) is 24.6 Å². The maximum Gasteiger partial charge on any atom is 0.0584 e. The van der Waals surface area contributed by atoms with E-state index in [-0.39, 0.29) is 0 Å². The third-order valence-corrected chi connectivity index (χ3v) is 3.74. The van der Waals surface area contributed by atoms with Crippen molar-refractivity contribution < 1.29 is 0 Å². The van der Waals surface area contributed by atoms with Crippen molar-refractivity contribution >= 4 is 0 Å². The molecule has 2 heterocycles. The molecule has 0 aromatic carbocycles. The molecular weight excluding hydrogens is 224 g/mol. The number of likely N-dealkylation sites (N-methyl/N-ethyl adjacent to an activating group) is 1. The third kappa shape index (κ3) is 3.28. The van der Waals surface area contributed by atoms with Crippen LogP contribution in [0.3, 0.4) is 0 Å². The van der Waals surface area contributed by atoms with Gasteiger partial charge in [-0.15, -0.1) is 0 Å². The van der Waals surface area contributed by atoms with Gasteiger partial charge in [0.05, 0.1) is 5.69 Å². The van der Waals surface area contributed by atoms with E-state index in [0.717, 1.165) is 25.3 Å². The van der Waals surface area contributed by atoms with Crippen molar-refractivity contribution in [3.05, 3.63) is 29.6 Å². The van der Waals surface area contributed by atoms with E-state index in [0.29, 0.717) is 12.6 Å². The van der Waals surface area contributed by atoms with Gasteiger partial charge in [0, 0.05) is 38.4 Å². The highest BCUT2D eigenvalue weighted by molar-refractivity contribution is 5.19. The normalized spacial score (nSPS) is 22.9. The monoisotopic (exact) mass is 248 g/mol. The zero-order chi connectivity index (χ0) is 13.0. The third-order valence-electron chi connectivity index (χ3n) is 3.74. The van der Waals surface area contributed by atoms with Crippen molar-refractivity contribution in [3.63, 3.8) is 0 Å². The Morgan fingerprint density at radius 3 is 3.06 bits per heavy atom. The van der Waals surface area contributed by atoms with Gasteiger partial charge in [-0.3, -0.25) is 9.88 Å². The largest absolute Gasteiger partial charge is 0.325 e. The van der Waals surface area contributed by atoms with Gasteiger partial charge in [0.15, 0.2) is 0 Å². The van der Waals surface area contributed by atoms with Crippen molar-refractivity contribution in [1.82, 2.24) is 14.8 Å². The minimum absolute atomic E-state index is 0.526. The Morgan fingerprint density at radius 2 is 2.28 bits per heavy atom. The summed E-state index contributed by atoms with van der Waals surface area (Å²) >= 11 is 0. The summed E-state index contributed by atoms with van der Waals surface area (Å²) < 4.78 is 0. The summed E-state index contributed by atoms with van der Waals surface area (Å²) in [4.78, 5) is 9.32. The average Bonchev–Trinajstić information content (AvgIpc) is 2.52. The second-order valence-corrected chi connectivity index (χ2v) is 5.25. The molecule has 0 aliphatic carbocycles. The molecule has 0 saturated carbocycles. The molecular formula is C14H24N4. The van der Waals surface area contributed by atoms with Crippen LogP contribution in [0.2, 0.25) is 0 Å². The standard InChI is InChI=1S/C14H24N4/c1-12-10-17(2)7-4-8-18(12)11-13-5-3-6-16-14(13)9-15/h3,5-6,12H,4,7-11,15H2,1-2H3. The molecule has 1 unspecified atom stereocenters. The quantitative estimate of drug-likeness (QED) is 0.869. The fourth-order valence-corrected chi connectivity index (χ4v) is 2.67. The predicted octanol–water partition coefficient (Wildman–Crippen LogP) is 1.07. The highest BCUT2D eigenvalue weighted by atomic mass is 15.2. The Morgan fingerprint density at radius 1 is 1.44 bits per heavy atom. The second-order valence-electron chi connectivity index (χ2n) is 5.25. The minimum atomic E-state index is 0.526. The molecule has 100 valence electrons. The lowest BCUT2D eigenvalue weighted by atomic mass is 10.1. The molecule has 2 rings (SSSR count). The van der Waals surface area contributed by atoms with Crippen molar-refractivity contribution in [2.45, 2.75) is 32.5 Å². The topological polar surface area (TPSA) is 45.4 Å². The first-order valence-electron chi connectivity index (χ1n) is 6.76. The van der Waals surface area contributed by atoms with Crippen LogP contribution in [0.15, 0.2) is 18.3 Å². The number of rotatable bonds is 3. The summed E-state index contributed by atoms with van der Waals surface area (Å²) in [6.07, 6.45) is 3.06. The molecule has 0 amide bonds. The molecule has 0 spiro atoms. The summed E-state index contributed by atoms with van der Waals surface area (Å²) in [5.41, 5.74) is 8.06. The van der Waals surface area contributed by atoms with Gasteiger partial charge in [-0.05, 0) is 38.6 Å². The fraction of sp³-hybridized carbons (Fsp3) is 0.643. The number of nitrogens with zero attached hydrogens (tertiary/aromatic N) is 3. The molecule has 0 bridgehead atoms. The van der Waals surface area contributed by atoms with Crippen molar-refractivity contribution in [1.29, 1.82) is 0 Å². The molecule has 1 saturated heterocycles. The van der Waals surface area contributed by atoms with Gasteiger partial charge in [-0.25, -0.2) is 0 Å². The first-order valence-corrected chi connectivity index (χ1v) is 6.76. The van der Waals surface area contributed by atoms with Gasteiger partial charge in [0.1, 0.15) is 0 Å². The Bertz CT molecular complexity index is 380. The molecule has 1 aliphatic heterocycles. The summed E-state index contributed by atoms with van der Waals surface area (Å²) in [6, 6.07) is 4.74. The van der Waals surface area contributed by atoms with Crippen LogP contribution in [0.25, 0.3) is 0 Å². The van der Waals surface area contributed by atoms with E-state index in [2.05, 4.69) is 34.8 Å². The molecule has 18 heavy (non-hydrogen) atoms. The molecule has 1 aromatic heterocycles. The number of hydrogen-bond donors (Lipinski definition) is 1. The second kappa shape index (κ2) is 6.27. The number of nitrogens with two attached hydrogens (primary N) is 1.